The van der Waals surface area contributed by atoms with E-state index >= 15 is 0 Å². The number of rotatable bonds is 9. The van der Waals surface area contributed by atoms with Gasteiger partial charge in [0.2, 0.25) is 11.9 Å². The number of benzene rings is 1. The molecule has 0 unspecified atom stereocenters. The lowest BCUT2D eigenvalue weighted by atomic mass is 10.0. The van der Waals surface area contributed by atoms with E-state index in [2.05, 4.69) is 27.1 Å². The lowest BCUT2D eigenvalue weighted by Crippen LogP contribution is -2.52. The molecule has 4 heterocycles. The number of carbonyl (C=O) groups is 1. The summed E-state index contributed by atoms with van der Waals surface area (Å²) < 4.78 is 22.1. The summed E-state index contributed by atoms with van der Waals surface area (Å²) in [6.07, 6.45) is 3.70. The maximum atomic E-state index is 12.0. The number of aromatic nitrogens is 3. The number of nitrogens with zero attached hydrogens (tertiary/aromatic N) is 4. The van der Waals surface area contributed by atoms with E-state index in [0.717, 1.165) is 5.39 Å². The minimum Gasteiger partial charge on any atom is -0.495 e. The molecule has 2 N–H and O–H groups in total. The lowest BCUT2D eigenvalue weighted by molar-refractivity contribution is -0.117. The van der Waals surface area contributed by atoms with Crippen LogP contribution in [0.1, 0.15) is 6.42 Å². The molecule has 2 aliphatic rings. The fourth-order valence-electron chi connectivity index (χ4n) is 4.77. The van der Waals surface area contributed by atoms with E-state index in [0.29, 0.717) is 82.8 Å². The van der Waals surface area contributed by atoms with E-state index in [4.69, 9.17) is 52.1 Å². The number of nitrogens with one attached hydrogen (secondary N) is 2. The van der Waals surface area contributed by atoms with E-state index in [1.165, 1.54) is 20.3 Å². The molecule has 2 saturated heterocycles. The summed E-state index contributed by atoms with van der Waals surface area (Å²) in [6, 6.07) is 3.08. The Bertz CT molecular complexity index is 1410. The van der Waals surface area contributed by atoms with Crippen LogP contribution in [0, 0.1) is 0 Å². The first-order chi connectivity index (χ1) is 19.4. The van der Waals surface area contributed by atoms with Crippen LogP contribution >= 0.6 is 23.2 Å². The molecule has 13 heteroatoms. The topological polar surface area (TPSA) is 120 Å². The first-order valence-corrected chi connectivity index (χ1v) is 13.5. The Morgan fingerprint density at radius 2 is 1.85 bits per heavy atom. The monoisotopic (exact) mass is 588 g/mol. The number of fused-ring (bicyclic) bond motifs is 1. The second-order valence-corrected chi connectivity index (χ2v) is 10.2. The van der Waals surface area contributed by atoms with Crippen LogP contribution in [0.15, 0.2) is 31.0 Å². The Labute approximate surface area is 241 Å². The Hall–Kier alpha value is -3.38. The standard InChI is InChI=1S/C27H30Cl2N6O5/c1-5-21(36)31-16-6-7-40-13-18(16)33-27-30-10-14-8-17(22-23(28)19(38-3)9-20(39-4)24(22)29)32-26(25(14)34-27)35-11-15(12-35)37-2/h5,8-10,15-16,18H,1,6-7,11-13H2,2-4H3,(H,31,36)(H,30,33,34)/t16-,18+/m0/s1. The molecule has 11 nitrogen and oxygen atoms in total. The molecule has 0 spiro atoms. The van der Waals surface area contributed by atoms with Gasteiger partial charge in [0, 0.05) is 50.0 Å². The summed E-state index contributed by atoms with van der Waals surface area (Å²) in [6.45, 7) is 5.77. The Kier molecular flexibility index (Phi) is 8.46. The van der Waals surface area contributed by atoms with E-state index in [9.17, 15) is 4.79 Å². The van der Waals surface area contributed by atoms with Crippen LogP contribution in [0.4, 0.5) is 11.8 Å². The van der Waals surface area contributed by atoms with Crippen molar-refractivity contribution in [2.45, 2.75) is 24.6 Å². The van der Waals surface area contributed by atoms with Gasteiger partial charge in [-0.25, -0.2) is 15.0 Å². The van der Waals surface area contributed by atoms with Gasteiger partial charge in [0.05, 0.1) is 54.8 Å². The minimum atomic E-state index is -0.242. The molecule has 1 aromatic carbocycles. The highest BCUT2D eigenvalue weighted by Gasteiger charge is 2.32. The molecule has 2 fully saturated rings. The van der Waals surface area contributed by atoms with Gasteiger partial charge in [0.15, 0.2) is 5.82 Å². The van der Waals surface area contributed by atoms with E-state index in [1.54, 1.807) is 19.4 Å². The van der Waals surface area contributed by atoms with Gasteiger partial charge in [0.25, 0.3) is 0 Å². The maximum absolute atomic E-state index is 12.0. The molecule has 0 bridgehead atoms. The first-order valence-electron chi connectivity index (χ1n) is 12.7. The third kappa shape index (κ3) is 5.46. The largest absolute Gasteiger partial charge is 0.495 e. The van der Waals surface area contributed by atoms with Gasteiger partial charge >= 0.3 is 0 Å². The molecule has 5 rings (SSSR count). The van der Waals surface area contributed by atoms with Crippen molar-refractivity contribution in [1.29, 1.82) is 0 Å². The molecule has 40 heavy (non-hydrogen) atoms. The van der Waals surface area contributed by atoms with Crippen LogP contribution in [-0.4, -0.2) is 86.7 Å². The molecule has 0 aliphatic carbocycles. The second kappa shape index (κ2) is 12.0. The average molecular weight is 589 g/mol. The minimum absolute atomic E-state index is 0.0812. The van der Waals surface area contributed by atoms with E-state index < -0.39 is 0 Å². The maximum Gasteiger partial charge on any atom is 0.243 e. The van der Waals surface area contributed by atoms with Crippen LogP contribution < -0.4 is 25.0 Å². The van der Waals surface area contributed by atoms with Crippen LogP contribution in [0.25, 0.3) is 22.2 Å². The predicted octanol–water partition coefficient (Wildman–Crippen LogP) is 3.72. The molecular formula is C27H30Cl2N6O5. The summed E-state index contributed by atoms with van der Waals surface area (Å²) in [5.74, 6) is 1.60. The number of hydrogen-bond donors (Lipinski definition) is 2. The van der Waals surface area contributed by atoms with Gasteiger partial charge in [0.1, 0.15) is 17.0 Å². The summed E-state index contributed by atoms with van der Waals surface area (Å²) >= 11 is 13.4. The highest BCUT2D eigenvalue weighted by Crippen LogP contribution is 2.46. The highest BCUT2D eigenvalue weighted by atomic mass is 35.5. The number of anilines is 2. The number of ether oxygens (including phenoxy) is 4. The van der Waals surface area contributed by atoms with Gasteiger partial charge in [-0.2, -0.15) is 0 Å². The zero-order chi connectivity index (χ0) is 28.4. The zero-order valence-electron chi connectivity index (χ0n) is 22.4. The van der Waals surface area contributed by atoms with E-state index in [1.807, 2.05) is 6.07 Å². The van der Waals surface area contributed by atoms with Crippen molar-refractivity contribution in [3.8, 4) is 22.8 Å². The number of carbonyl (C=O) groups excluding carboxylic acids is 1. The van der Waals surface area contributed by atoms with Crippen LogP contribution in [0.3, 0.4) is 0 Å². The van der Waals surface area contributed by atoms with Crippen molar-refractivity contribution < 1.29 is 23.7 Å². The molecule has 2 atom stereocenters. The van der Waals surface area contributed by atoms with Gasteiger partial charge in [-0.05, 0) is 18.6 Å². The molecule has 3 aromatic rings. The predicted molar refractivity (Wildman–Crippen MR) is 154 cm³/mol. The van der Waals surface area contributed by atoms with E-state index in [-0.39, 0.29) is 24.1 Å². The SMILES string of the molecule is C=CC(=O)N[C@H]1CCOC[C@H]1Nc1ncc2cc(-c3c(Cl)c(OC)cc(OC)c3Cl)nc(N3CC(OC)C3)c2n1. The van der Waals surface area contributed by atoms with Crippen molar-refractivity contribution >= 4 is 51.8 Å². The summed E-state index contributed by atoms with van der Waals surface area (Å²) in [7, 11) is 4.73. The molecule has 0 radical (unpaired) electrons. The number of hydrogen-bond acceptors (Lipinski definition) is 10. The molecule has 2 aliphatic heterocycles. The Morgan fingerprint density at radius 1 is 1.12 bits per heavy atom. The molecule has 212 valence electrons. The summed E-state index contributed by atoms with van der Waals surface area (Å²) in [5.41, 5.74) is 1.64. The number of halogens is 2. The fourth-order valence-corrected chi connectivity index (χ4v) is 5.47. The third-order valence-corrected chi connectivity index (χ3v) is 7.79. The van der Waals surface area contributed by atoms with Gasteiger partial charge in [-0.3, -0.25) is 4.79 Å². The molecule has 1 amide bonds. The highest BCUT2D eigenvalue weighted by molar-refractivity contribution is 6.41. The normalized spacial score (nSPS) is 19.2. The zero-order valence-corrected chi connectivity index (χ0v) is 23.9. The number of pyridine rings is 1. The third-order valence-electron chi connectivity index (χ3n) is 7.04. The average Bonchev–Trinajstić information content (AvgIpc) is 2.94. The van der Waals surface area contributed by atoms with Crippen molar-refractivity contribution in [2.75, 3.05) is 57.8 Å². The number of amides is 1. The van der Waals surface area contributed by atoms with Gasteiger partial charge in [-0.1, -0.05) is 29.8 Å². The summed E-state index contributed by atoms with van der Waals surface area (Å²) in [5, 5.41) is 7.64. The molecule has 2 aromatic heterocycles. The smallest absolute Gasteiger partial charge is 0.243 e. The van der Waals surface area contributed by atoms with Gasteiger partial charge in [-0.15, -0.1) is 0 Å². The van der Waals surface area contributed by atoms with Crippen molar-refractivity contribution in [3.63, 3.8) is 0 Å². The van der Waals surface area contributed by atoms with Crippen LogP contribution in [-0.2, 0) is 14.3 Å². The molecular weight excluding hydrogens is 559 g/mol. The fraction of sp³-hybridized carbons (Fsp3) is 0.407. The lowest BCUT2D eigenvalue weighted by Gasteiger charge is -2.39. The molecule has 0 saturated carbocycles. The van der Waals surface area contributed by atoms with Gasteiger partial charge < -0.3 is 34.5 Å². The Balaban J connectivity index is 1.57. The van der Waals surface area contributed by atoms with Crippen molar-refractivity contribution in [1.82, 2.24) is 20.3 Å². The second-order valence-electron chi connectivity index (χ2n) is 9.44. The quantitative estimate of drug-likeness (QED) is 0.358. The van der Waals surface area contributed by atoms with Crippen LogP contribution in [0.5, 0.6) is 11.5 Å². The van der Waals surface area contributed by atoms with Crippen LogP contribution in [0.2, 0.25) is 10.0 Å². The Morgan fingerprint density at radius 3 is 2.50 bits per heavy atom. The first kappa shape index (κ1) is 28.2. The van der Waals surface area contributed by atoms with Crippen molar-refractivity contribution in [2.24, 2.45) is 0 Å². The van der Waals surface area contributed by atoms with Crippen molar-refractivity contribution in [3.05, 3.63) is 41.0 Å². The summed E-state index contributed by atoms with van der Waals surface area (Å²) in [4.78, 5) is 28.4. The number of methoxy groups -OCH3 is 3.